The highest BCUT2D eigenvalue weighted by Gasteiger charge is 2.37. The SMILES string of the molecule is O=C1/C(=C\c2ncc(-c3ccccc3)o2)SC(=S)N1C1CCCCCC1. The van der Waals surface area contributed by atoms with E-state index >= 15 is 0 Å². The number of rotatable bonds is 3. The molecule has 134 valence electrons. The van der Waals surface area contributed by atoms with Gasteiger partial charge in [0, 0.05) is 17.7 Å². The fourth-order valence-corrected chi connectivity index (χ4v) is 4.88. The zero-order valence-corrected chi connectivity index (χ0v) is 16.0. The topological polar surface area (TPSA) is 46.3 Å². The second kappa shape index (κ2) is 7.76. The maximum Gasteiger partial charge on any atom is 0.266 e. The molecule has 26 heavy (non-hydrogen) atoms. The van der Waals surface area contributed by atoms with Crippen LogP contribution in [-0.4, -0.2) is 26.2 Å². The van der Waals surface area contributed by atoms with Crippen LogP contribution in [0.4, 0.5) is 0 Å². The minimum absolute atomic E-state index is 0.00800. The van der Waals surface area contributed by atoms with Crippen molar-refractivity contribution >= 4 is 40.3 Å². The third-order valence-electron chi connectivity index (χ3n) is 4.85. The number of hydrogen-bond donors (Lipinski definition) is 0. The molecule has 0 unspecified atom stereocenters. The monoisotopic (exact) mass is 384 g/mol. The zero-order chi connectivity index (χ0) is 17.9. The second-order valence-electron chi connectivity index (χ2n) is 6.63. The van der Waals surface area contributed by atoms with Gasteiger partial charge in [0.25, 0.3) is 5.91 Å². The van der Waals surface area contributed by atoms with E-state index in [9.17, 15) is 4.79 Å². The van der Waals surface area contributed by atoms with Gasteiger partial charge in [-0.3, -0.25) is 9.69 Å². The van der Waals surface area contributed by atoms with Crippen LogP contribution in [0.1, 0.15) is 44.4 Å². The standard InChI is InChI=1S/C20H20N2O2S2/c23-19-17(26-20(25)22(19)15-10-6-1-2-7-11-15)12-18-21-13-16(24-18)14-8-4-3-5-9-14/h3-5,8-9,12-13,15H,1-2,6-7,10-11H2/b17-12+. The number of aromatic nitrogens is 1. The molecule has 4 nitrogen and oxygen atoms in total. The molecule has 0 spiro atoms. The maximum atomic E-state index is 12.9. The van der Waals surface area contributed by atoms with Gasteiger partial charge in [-0.2, -0.15) is 0 Å². The highest BCUT2D eigenvalue weighted by atomic mass is 32.2. The summed E-state index contributed by atoms with van der Waals surface area (Å²) in [6, 6.07) is 10.0. The molecule has 6 heteroatoms. The summed E-state index contributed by atoms with van der Waals surface area (Å²) in [4.78, 5) is 19.6. The van der Waals surface area contributed by atoms with E-state index in [0.29, 0.717) is 20.9 Å². The first-order chi connectivity index (χ1) is 12.7. The minimum Gasteiger partial charge on any atom is -0.437 e. The first-order valence-corrected chi connectivity index (χ1v) is 10.2. The number of thiocarbonyl (C=S) groups is 1. The molecule has 1 aliphatic heterocycles. The van der Waals surface area contributed by atoms with Gasteiger partial charge in [0.1, 0.15) is 4.32 Å². The summed E-state index contributed by atoms with van der Waals surface area (Å²) in [5, 5.41) is 0. The van der Waals surface area contributed by atoms with Crippen LogP contribution >= 0.6 is 24.0 Å². The van der Waals surface area contributed by atoms with Crippen molar-refractivity contribution in [1.82, 2.24) is 9.88 Å². The summed E-state index contributed by atoms with van der Waals surface area (Å²) in [6.07, 6.45) is 10.3. The number of amides is 1. The van der Waals surface area contributed by atoms with Crippen LogP contribution in [-0.2, 0) is 4.79 Å². The summed E-state index contributed by atoms with van der Waals surface area (Å²) < 4.78 is 6.46. The Morgan fingerprint density at radius 3 is 2.62 bits per heavy atom. The predicted molar refractivity (Wildman–Crippen MR) is 108 cm³/mol. The Morgan fingerprint density at radius 2 is 1.88 bits per heavy atom. The van der Waals surface area contributed by atoms with Gasteiger partial charge in [-0.25, -0.2) is 4.98 Å². The Hall–Kier alpha value is -1.92. The summed E-state index contributed by atoms with van der Waals surface area (Å²) >= 11 is 6.84. The van der Waals surface area contributed by atoms with Gasteiger partial charge in [-0.1, -0.05) is 80.0 Å². The molecule has 1 saturated carbocycles. The molecule has 2 aromatic rings. The first kappa shape index (κ1) is 17.5. The number of benzene rings is 1. The van der Waals surface area contributed by atoms with E-state index in [4.69, 9.17) is 16.6 Å². The Balaban J connectivity index is 1.54. The number of oxazole rings is 1. The van der Waals surface area contributed by atoms with Gasteiger partial charge in [-0.05, 0) is 12.8 Å². The molecule has 1 aromatic carbocycles. The van der Waals surface area contributed by atoms with Crippen molar-refractivity contribution < 1.29 is 9.21 Å². The molecule has 1 aromatic heterocycles. The molecular formula is C20H20N2O2S2. The van der Waals surface area contributed by atoms with Gasteiger partial charge in [0.2, 0.25) is 5.89 Å². The molecular weight excluding hydrogens is 364 g/mol. The number of nitrogens with zero attached hydrogens (tertiary/aromatic N) is 2. The molecule has 2 fully saturated rings. The van der Waals surface area contributed by atoms with E-state index in [2.05, 4.69) is 4.98 Å². The average Bonchev–Trinajstić information content (AvgIpc) is 3.11. The third-order valence-corrected chi connectivity index (χ3v) is 6.18. The van der Waals surface area contributed by atoms with Crippen molar-refractivity contribution in [3.05, 3.63) is 47.3 Å². The predicted octanol–water partition coefficient (Wildman–Crippen LogP) is 5.27. The molecule has 4 rings (SSSR count). The normalized spacial score (nSPS) is 20.8. The van der Waals surface area contributed by atoms with Gasteiger partial charge in [0.15, 0.2) is 5.76 Å². The lowest BCUT2D eigenvalue weighted by Crippen LogP contribution is -2.38. The van der Waals surface area contributed by atoms with Gasteiger partial charge >= 0.3 is 0 Å². The lowest BCUT2D eigenvalue weighted by molar-refractivity contribution is -0.123. The van der Waals surface area contributed by atoms with Crippen molar-refractivity contribution in [2.24, 2.45) is 0 Å². The van der Waals surface area contributed by atoms with E-state index in [-0.39, 0.29) is 11.9 Å². The van der Waals surface area contributed by atoms with Crippen molar-refractivity contribution in [2.45, 2.75) is 44.6 Å². The van der Waals surface area contributed by atoms with Gasteiger partial charge in [-0.15, -0.1) is 0 Å². The molecule has 1 amide bonds. The van der Waals surface area contributed by atoms with E-state index in [1.807, 2.05) is 35.2 Å². The Kier molecular flexibility index (Phi) is 5.22. The van der Waals surface area contributed by atoms with Crippen molar-refractivity contribution in [1.29, 1.82) is 0 Å². The Labute approximate surface area is 162 Å². The van der Waals surface area contributed by atoms with E-state index in [0.717, 1.165) is 18.4 Å². The molecule has 1 aliphatic carbocycles. The largest absolute Gasteiger partial charge is 0.437 e. The number of carbonyl (C=O) groups is 1. The van der Waals surface area contributed by atoms with Crippen molar-refractivity contribution in [3.8, 4) is 11.3 Å². The highest BCUT2D eigenvalue weighted by Crippen LogP contribution is 2.37. The fourth-order valence-electron chi connectivity index (χ4n) is 3.51. The number of thioether (sulfide) groups is 1. The molecule has 2 aliphatic rings. The summed E-state index contributed by atoms with van der Waals surface area (Å²) in [6.45, 7) is 0. The van der Waals surface area contributed by atoms with E-state index in [1.165, 1.54) is 37.4 Å². The van der Waals surface area contributed by atoms with Crippen molar-refractivity contribution in [3.63, 3.8) is 0 Å². The zero-order valence-electron chi connectivity index (χ0n) is 14.4. The number of carbonyl (C=O) groups excluding carboxylic acids is 1. The van der Waals surface area contributed by atoms with E-state index in [1.54, 1.807) is 12.3 Å². The smallest absolute Gasteiger partial charge is 0.266 e. The van der Waals surface area contributed by atoms with Gasteiger partial charge < -0.3 is 4.42 Å². The van der Waals surface area contributed by atoms with Crippen LogP contribution in [0.3, 0.4) is 0 Å². The van der Waals surface area contributed by atoms with Crippen LogP contribution in [0, 0.1) is 0 Å². The van der Waals surface area contributed by atoms with Crippen LogP contribution in [0.2, 0.25) is 0 Å². The highest BCUT2D eigenvalue weighted by molar-refractivity contribution is 8.26. The molecule has 0 radical (unpaired) electrons. The summed E-state index contributed by atoms with van der Waals surface area (Å²) in [5.74, 6) is 1.12. The lowest BCUT2D eigenvalue weighted by atomic mass is 10.1. The Bertz CT molecular complexity index is 837. The van der Waals surface area contributed by atoms with Crippen LogP contribution in [0.5, 0.6) is 0 Å². The molecule has 0 N–H and O–H groups in total. The quantitative estimate of drug-likeness (QED) is 0.410. The third kappa shape index (κ3) is 3.62. The molecule has 1 saturated heterocycles. The van der Waals surface area contributed by atoms with Crippen molar-refractivity contribution in [2.75, 3.05) is 0 Å². The molecule has 0 bridgehead atoms. The van der Waals surface area contributed by atoms with Crippen LogP contribution < -0.4 is 0 Å². The molecule has 0 atom stereocenters. The summed E-state index contributed by atoms with van der Waals surface area (Å²) in [5.41, 5.74) is 0.964. The second-order valence-corrected chi connectivity index (χ2v) is 8.30. The average molecular weight is 385 g/mol. The first-order valence-electron chi connectivity index (χ1n) is 9.01. The van der Waals surface area contributed by atoms with E-state index < -0.39 is 0 Å². The maximum absolute atomic E-state index is 12.9. The fraction of sp³-hybridized carbons (Fsp3) is 0.350. The summed E-state index contributed by atoms with van der Waals surface area (Å²) in [7, 11) is 0. The van der Waals surface area contributed by atoms with Gasteiger partial charge in [0.05, 0.1) is 11.1 Å². The minimum atomic E-state index is -0.00800. The molecule has 2 heterocycles. The van der Waals surface area contributed by atoms with Crippen LogP contribution in [0.15, 0.2) is 45.9 Å². The lowest BCUT2D eigenvalue weighted by Gasteiger charge is -2.25. The number of hydrogen-bond acceptors (Lipinski definition) is 5. The van der Waals surface area contributed by atoms with Crippen LogP contribution in [0.25, 0.3) is 17.4 Å². The Morgan fingerprint density at radius 1 is 1.15 bits per heavy atom.